The van der Waals surface area contributed by atoms with Crippen molar-refractivity contribution in [3.63, 3.8) is 0 Å². The Morgan fingerprint density at radius 2 is 0.482 bits per heavy atom. The Hall–Kier alpha value is -1.59. The summed E-state index contributed by atoms with van der Waals surface area (Å²) < 4.78 is 16.7. The van der Waals surface area contributed by atoms with Gasteiger partial charge in [-0.25, -0.2) is 0 Å². The lowest BCUT2D eigenvalue weighted by atomic mass is 10.0. The lowest BCUT2D eigenvalue weighted by molar-refractivity contribution is -0.167. The fourth-order valence-electron chi connectivity index (χ4n) is 7.56. The van der Waals surface area contributed by atoms with E-state index in [1.165, 1.54) is 186 Å². The predicted octanol–water partition coefficient (Wildman–Crippen LogP) is 16.0. The average Bonchev–Trinajstić information content (AvgIpc) is 3.19. The first-order valence-corrected chi connectivity index (χ1v) is 25.0. The first-order valence-electron chi connectivity index (χ1n) is 25.0. The lowest BCUT2D eigenvalue weighted by Crippen LogP contribution is -2.30. The van der Waals surface area contributed by atoms with Crippen LogP contribution in [0.25, 0.3) is 0 Å². The number of ether oxygens (including phenoxy) is 3. The molecule has 0 unspecified atom stereocenters. The van der Waals surface area contributed by atoms with Gasteiger partial charge in [0.15, 0.2) is 6.10 Å². The van der Waals surface area contributed by atoms with Crippen LogP contribution in [0.4, 0.5) is 0 Å². The number of carbonyl (C=O) groups excluding carboxylic acids is 3. The molecule has 0 aliphatic heterocycles. The molecule has 0 aliphatic carbocycles. The Morgan fingerprint density at radius 1 is 0.286 bits per heavy atom. The Morgan fingerprint density at radius 3 is 0.714 bits per heavy atom. The minimum Gasteiger partial charge on any atom is -0.462 e. The summed E-state index contributed by atoms with van der Waals surface area (Å²) in [4.78, 5) is 37.7. The standard InChI is InChI=1S/C50H96O6/c1-4-7-10-13-16-18-20-22-24-26-28-30-32-35-37-40-43-49(52)55-46-47(56-50(53)44-41-38-33-15-12-9-6-3)45-54-48(51)42-39-36-34-31-29-27-25-23-21-19-17-14-11-8-5-2/h47H,4-46H2,1-3H3/t47-/m0/s1. The van der Waals surface area contributed by atoms with E-state index >= 15 is 0 Å². The normalized spacial score (nSPS) is 11.8. The molecule has 0 heterocycles. The SMILES string of the molecule is CCCCCCCCCCCCCCCCCCC(=O)OC[C@H](COC(=O)CCCCCCCCCCCCCCCCC)OC(=O)CCCCCCCCC. The van der Waals surface area contributed by atoms with Crippen molar-refractivity contribution in [2.75, 3.05) is 13.2 Å². The van der Waals surface area contributed by atoms with Crippen LogP contribution in [0.3, 0.4) is 0 Å². The van der Waals surface area contributed by atoms with E-state index in [-0.39, 0.29) is 31.1 Å². The zero-order valence-electron chi connectivity index (χ0n) is 37.9. The van der Waals surface area contributed by atoms with Crippen molar-refractivity contribution in [1.82, 2.24) is 0 Å². The second-order valence-corrected chi connectivity index (χ2v) is 17.1. The van der Waals surface area contributed by atoms with E-state index < -0.39 is 6.10 Å². The van der Waals surface area contributed by atoms with E-state index in [1.807, 2.05) is 0 Å². The summed E-state index contributed by atoms with van der Waals surface area (Å²) in [5.41, 5.74) is 0. The van der Waals surface area contributed by atoms with Crippen LogP contribution in [-0.4, -0.2) is 37.2 Å². The van der Waals surface area contributed by atoms with Crippen LogP contribution >= 0.6 is 0 Å². The number of unbranched alkanes of at least 4 members (excludes halogenated alkanes) is 35. The number of hydrogen-bond donors (Lipinski definition) is 0. The van der Waals surface area contributed by atoms with Crippen LogP contribution < -0.4 is 0 Å². The van der Waals surface area contributed by atoms with Crippen molar-refractivity contribution in [2.45, 2.75) is 290 Å². The first-order chi connectivity index (χ1) is 27.5. The monoisotopic (exact) mass is 793 g/mol. The molecule has 0 saturated carbocycles. The molecule has 0 N–H and O–H groups in total. The third-order valence-electron chi connectivity index (χ3n) is 11.4. The highest BCUT2D eigenvalue weighted by Gasteiger charge is 2.19. The van der Waals surface area contributed by atoms with Gasteiger partial charge in [0, 0.05) is 19.3 Å². The van der Waals surface area contributed by atoms with Crippen molar-refractivity contribution in [3.8, 4) is 0 Å². The van der Waals surface area contributed by atoms with Gasteiger partial charge in [0.25, 0.3) is 0 Å². The minimum atomic E-state index is -0.758. The van der Waals surface area contributed by atoms with Crippen molar-refractivity contribution < 1.29 is 28.6 Å². The van der Waals surface area contributed by atoms with Gasteiger partial charge in [-0.3, -0.25) is 14.4 Å². The zero-order chi connectivity index (χ0) is 40.8. The smallest absolute Gasteiger partial charge is 0.306 e. The van der Waals surface area contributed by atoms with E-state index in [2.05, 4.69) is 20.8 Å². The van der Waals surface area contributed by atoms with E-state index in [4.69, 9.17) is 14.2 Å². The van der Waals surface area contributed by atoms with Crippen LogP contribution in [0.2, 0.25) is 0 Å². The fraction of sp³-hybridized carbons (Fsp3) is 0.940. The summed E-state index contributed by atoms with van der Waals surface area (Å²) in [5.74, 6) is -0.851. The number of rotatable bonds is 46. The lowest BCUT2D eigenvalue weighted by Gasteiger charge is -2.18. The molecule has 0 spiro atoms. The molecule has 0 aliphatic rings. The summed E-state index contributed by atoms with van der Waals surface area (Å²) in [7, 11) is 0. The molecule has 1 atom stereocenters. The molecule has 6 nitrogen and oxygen atoms in total. The van der Waals surface area contributed by atoms with Gasteiger partial charge in [-0.2, -0.15) is 0 Å². The highest BCUT2D eigenvalue weighted by atomic mass is 16.6. The quantitative estimate of drug-likeness (QED) is 0.0347. The van der Waals surface area contributed by atoms with Gasteiger partial charge in [-0.15, -0.1) is 0 Å². The van der Waals surface area contributed by atoms with Gasteiger partial charge in [0.1, 0.15) is 13.2 Å². The molecule has 332 valence electrons. The number of hydrogen-bond acceptors (Lipinski definition) is 6. The molecule has 6 heteroatoms. The van der Waals surface area contributed by atoms with Crippen LogP contribution in [-0.2, 0) is 28.6 Å². The maximum absolute atomic E-state index is 12.6. The topological polar surface area (TPSA) is 78.9 Å². The highest BCUT2D eigenvalue weighted by Crippen LogP contribution is 2.16. The summed E-state index contributed by atoms with van der Waals surface area (Å²) in [5, 5.41) is 0. The molecular weight excluding hydrogens is 697 g/mol. The average molecular weight is 793 g/mol. The van der Waals surface area contributed by atoms with Crippen molar-refractivity contribution >= 4 is 17.9 Å². The van der Waals surface area contributed by atoms with Crippen LogP contribution in [0.15, 0.2) is 0 Å². The van der Waals surface area contributed by atoms with Crippen LogP contribution in [0.5, 0.6) is 0 Å². The zero-order valence-corrected chi connectivity index (χ0v) is 37.9. The first kappa shape index (κ1) is 54.4. The molecule has 0 radical (unpaired) electrons. The molecule has 0 aromatic carbocycles. The maximum atomic E-state index is 12.6. The Labute approximate surface area is 348 Å². The van der Waals surface area contributed by atoms with E-state index in [0.29, 0.717) is 19.3 Å². The molecule has 0 rings (SSSR count). The molecule has 0 amide bonds. The van der Waals surface area contributed by atoms with Gasteiger partial charge in [0.2, 0.25) is 0 Å². The van der Waals surface area contributed by atoms with Crippen molar-refractivity contribution in [3.05, 3.63) is 0 Å². The fourth-order valence-corrected chi connectivity index (χ4v) is 7.56. The summed E-state index contributed by atoms with van der Waals surface area (Å²) in [6.07, 6.45) is 48.1. The van der Waals surface area contributed by atoms with E-state index in [0.717, 1.165) is 57.8 Å². The molecule has 0 bridgehead atoms. The third kappa shape index (κ3) is 43.5. The molecule has 0 saturated heterocycles. The third-order valence-corrected chi connectivity index (χ3v) is 11.4. The van der Waals surface area contributed by atoms with E-state index in [9.17, 15) is 14.4 Å². The summed E-state index contributed by atoms with van der Waals surface area (Å²) >= 11 is 0. The van der Waals surface area contributed by atoms with Gasteiger partial charge in [0.05, 0.1) is 0 Å². The molecule has 0 aromatic rings. The van der Waals surface area contributed by atoms with Crippen molar-refractivity contribution in [1.29, 1.82) is 0 Å². The summed E-state index contributed by atoms with van der Waals surface area (Å²) in [6, 6.07) is 0. The Kier molecular flexibility index (Phi) is 44.8. The Balaban J connectivity index is 4.17. The van der Waals surface area contributed by atoms with Crippen LogP contribution in [0, 0.1) is 0 Å². The van der Waals surface area contributed by atoms with Gasteiger partial charge in [-0.05, 0) is 19.3 Å². The highest BCUT2D eigenvalue weighted by molar-refractivity contribution is 5.71. The molecular formula is C50H96O6. The van der Waals surface area contributed by atoms with Gasteiger partial charge in [-0.1, -0.05) is 245 Å². The Bertz CT molecular complexity index is 828. The van der Waals surface area contributed by atoms with Crippen LogP contribution in [0.1, 0.15) is 284 Å². The van der Waals surface area contributed by atoms with Gasteiger partial charge >= 0.3 is 17.9 Å². The van der Waals surface area contributed by atoms with Gasteiger partial charge < -0.3 is 14.2 Å². The summed E-state index contributed by atoms with van der Waals surface area (Å²) in [6.45, 7) is 6.64. The molecule has 0 fully saturated rings. The number of carbonyl (C=O) groups is 3. The maximum Gasteiger partial charge on any atom is 0.306 e. The number of esters is 3. The van der Waals surface area contributed by atoms with Crippen molar-refractivity contribution in [2.24, 2.45) is 0 Å². The van der Waals surface area contributed by atoms with E-state index in [1.54, 1.807) is 0 Å². The molecule has 0 aromatic heterocycles. The predicted molar refractivity (Wildman–Crippen MR) is 238 cm³/mol. The second-order valence-electron chi connectivity index (χ2n) is 17.1. The largest absolute Gasteiger partial charge is 0.462 e. The second kappa shape index (κ2) is 46.1. The minimum absolute atomic E-state index is 0.0628. The molecule has 56 heavy (non-hydrogen) atoms.